The molecule has 1 rings (SSSR count). The lowest BCUT2D eigenvalue weighted by molar-refractivity contribution is 0.305. The number of hydrogen-bond acceptors (Lipinski definition) is 2. The highest BCUT2D eigenvalue weighted by molar-refractivity contribution is 5.30. The molecule has 0 amide bonds. The summed E-state index contributed by atoms with van der Waals surface area (Å²) in [6.45, 7) is 4.59. The Labute approximate surface area is 92.2 Å². The van der Waals surface area contributed by atoms with E-state index in [9.17, 15) is 0 Å². The zero-order valence-corrected chi connectivity index (χ0v) is 9.37. The van der Waals surface area contributed by atoms with E-state index >= 15 is 0 Å². The summed E-state index contributed by atoms with van der Waals surface area (Å²) in [5.74, 6) is 1.77. The van der Waals surface area contributed by atoms with Crippen molar-refractivity contribution in [1.29, 1.82) is 0 Å². The normalized spacial score (nSPS) is 10.0. The van der Waals surface area contributed by atoms with Gasteiger partial charge < -0.3 is 9.47 Å². The summed E-state index contributed by atoms with van der Waals surface area (Å²) in [5, 5.41) is 0. The van der Waals surface area contributed by atoms with Gasteiger partial charge in [0.1, 0.15) is 11.5 Å². The van der Waals surface area contributed by atoms with Crippen molar-refractivity contribution in [3.05, 3.63) is 31.2 Å². The topological polar surface area (TPSA) is 18.5 Å². The van der Waals surface area contributed by atoms with Crippen LogP contribution in [0.4, 0.5) is 0 Å². The summed E-state index contributed by atoms with van der Waals surface area (Å²) in [4.78, 5) is 0. The van der Waals surface area contributed by atoms with Crippen molar-refractivity contribution in [3.63, 3.8) is 0 Å². The van der Waals surface area contributed by atoms with E-state index in [1.165, 1.54) is 12.8 Å². The van der Waals surface area contributed by atoms with Gasteiger partial charge in [0.25, 0.3) is 0 Å². The molecule has 0 aromatic heterocycles. The molecule has 2 nitrogen and oxygen atoms in total. The molecule has 0 heterocycles. The van der Waals surface area contributed by atoms with Crippen molar-refractivity contribution in [2.75, 3.05) is 13.7 Å². The van der Waals surface area contributed by atoms with Crippen molar-refractivity contribution in [1.82, 2.24) is 0 Å². The van der Waals surface area contributed by atoms with Gasteiger partial charge in [-0.3, -0.25) is 0 Å². The Hall–Kier alpha value is -1.18. The third kappa shape index (κ3) is 4.73. The van der Waals surface area contributed by atoms with Crippen LogP contribution >= 0.6 is 0 Å². The minimum absolute atomic E-state index is 0.784. The van der Waals surface area contributed by atoms with Crippen LogP contribution in [0.1, 0.15) is 25.7 Å². The molecule has 0 N–H and O–H groups in total. The largest absolute Gasteiger partial charge is 0.497 e. The average Bonchev–Trinajstić information content (AvgIpc) is 2.30. The molecule has 15 heavy (non-hydrogen) atoms. The van der Waals surface area contributed by atoms with Crippen LogP contribution in [0.5, 0.6) is 11.5 Å². The monoisotopic (exact) mass is 207 g/mol. The van der Waals surface area contributed by atoms with E-state index in [1.807, 2.05) is 24.3 Å². The molecule has 0 aliphatic rings. The Balaban J connectivity index is 2.20. The minimum atomic E-state index is 0.784. The summed E-state index contributed by atoms with van der Waals surface area (Å²) in [6.07, 6.45) is 4.50. The lowest BCUT2D eigenvalue weighted by Gasteiger charge is -2.06. The summed E-state index contributed by atoms with van der Waals surface area (Å²) in [6, 6.07) is 7.68. The predicted octanol–water partition coefficient (Wildman–Crippen LogP) is 3.47. The molecular weight excluding hydrogens is 188 g/mol. The molecule has 83 valence electrons. The first-order valence-electron chi connectivity index (χ1n) is 5.43. The fourth-order valence-electron chi connectivity index (χ4n) is 1.32. The Morgan fingerprint density at radius 1 is 1.00 bits per heavy atom. The highest BCUT2D eigenvalue weighted by Crippen LogP contribution is 2.17. The first-order chi connectivity index (χ1) is 7.36. The first-order valence-corrected chi connectivity index (χ1v) is 5.43. The second-order valence-electron chi connectivity index (χ2n) is 3.44. The molecule has 0 atom stereocenters. The van der Waals surface area contributed by atoms with Crippen molar-refractivity contribution < 1.29 is 9.47 Å². The molecule has 1 aromatic carbocycles. The summed E-state index contributed by atoms with van der Waals surface area (Å²) in [7, 11) is 1.66. The molecule has 1 aromatic rings. The summed E-state index contributed by atoms with van der Waals surface area (Å²) in [5.41, 5.74) is 0. The molecule has 1 radical (unpaired) electrons. The molecule has 0 fully saturated rings. The van der Waals surface area contributed by atoms with E-state index in [-0.39, 0.29) is 0 Å². The van der Waals surface area contributed by atoms with Gasteiger partial charge in [-0.15, -0.1) is 0 Å². The maximum atomic E-state index is 5.58. The smallest absolute Gasteiger partial charge is 0.119 e. The van der Waals surface area contributed by atoms with Crippen LogP contribution in [0.3, 0.4) is 0 Å². The van der Waals surface area contributed by atoms with Crippen LogP contribution in [0, 0.1) is 6.92 Å². The fraction of sp³-hybridized carbons (Fsp3) is 0.462. The Morgan fingerprint density at radius 3 is 2.27 bits per heavy atom. The maximum absolute atomic E-state index is 5.58. The van der Waals surface area contributed by atoms with Crippen LogP contribution in [-0.4, -0.2) is 13.7 Å². The number of methoxy groups -OCH3 is 1. The molecule has 0 aliphatic heterocycles. The van der Waals surface area contributed by atoms with E-state index in [4.69, 9.17) is 9.47 Å². The molecular formula is C13H19O2. The number of hydrogen-bond donors (Lipinski definition) is 0. The summed E-state index contributed by atoms with van der Waals surface area (Å²) < 4.78 is 10.6. The molecule has 0 saturated carbocycles. The summed E-state index contributed by atoms with van der Waals surface area (Å²) >= 11 is 0. The van der Waals surface area contributed by atoms with Crippen molar-refractivity contribution in [2.45, 2.75) is 25.7 Å². The highest BCUT2D eigenvalue weighted by atomic mass is 16.5. The number of ether oxygens (including phenoxy) is 2. The zero-order valence-electron chi connectivity index (χ0n) is 9.37. The fourth-order valence-corrected chi connectivity index (χ4v) is 1.32. The third-order valence-corrected chi connectivity index (χ3v) is 2.22. The van der Waals surface area contributed by atoms with Crippen molar-refractivity contribution in [2.24, 2.45) is 0 Å². The van der Waals surface area contributed by atoms with Crippen LogP contribution in [0.2, 0.25) is 0 Å². The Morgan fingerprint density at radius 2 is 1.67 bits per heavy atom. The minimum Gasteiger partial charge on any atom is -0.497 e. The lowest BCUT2D eigenvalue weighted by atomic mass is 10.2. The number of rotatable bonds is 7. The number of benzene rings is 1. The average molecular weight is 207 g/mol. The standard InChI is InChI=1S/C13H19O2/c1-3-4-5-6-11-15-13-9-7-12(14-2)8-10-13/h7-10H,1,3-6,11H2,2H3. The van der Waals surface area contributed by atoms with Gasteiger partial charge in [0.05, 0.1) is 13.7 Å². The molecule has 0 saturated heterocycles. The van der Waals surface area contributed by atoms with Gasteiger partial charge in [-0.2, -0.15) is 0 Å². The van der Waals surface area contributed by atoms with Gasteiger partial charge in [-0.25, -0.2) is 0 Å². The van der Waals surface area contributed by atoms with Crippen LogP contribution in [-0.2, 0) is 0 Å². The molecule has 0 aliphatic carbocycles. The van der Waals surface area contributed by atoms with E-state index < -0.39 is 0 Å². The van der Waals surface area contributed by atoms with Crippen molar-refractivity contribution in [3.8, 4) is 11.5 Å². The van der Waals surface area contributed by atoms with Gasteiger partial charge in [0.2, 0.25) is 0 Å². The van der Waals surface area contributed by atoms with Gasteiger partial charge >= 0.3 is 0 Å². The van der Waals surface area contributed by atoms with Gasteiger partial charge in [0.15, 0.2) is 0 Å². The molecule has 0 spiro atoms. The lowest BCUT2D eigenvalue weighted by Crippen LogP contribution is -1.97. The van der Waals surface area contributed by atoms with Crippen LogP contribution < -0.4 is 9.47 Å². The maximum Gasteiger partial charge on any atom is 0.119 e. The van der Waals surface area contributed by atoms with Crippen LogP contribution in [0.15, 0.2) is 24.3 Å². The second-order valence-corrected chi connectivity index (χ2v) is 3.44. The quantitative estimate of drug-likeness (QED) is 0.637. The van der Waals surface area contributed by atoms with E-state index in [0.29, 0.717) is 0 Å². The first kappa shape index (κ1) is 11.9. The van der Waals surface area contributed by atoms with Gasteiger partial charge in [0, 0.05) is 0 Å². The zero-order chi connectivity index (χ0) is 10.9. The second kappa shape index (κ2) is 7.16. The third-order valence-electron chi connectivity index (χ3n) is 2.22. The van der Waals surface area contributed by atoms with Gasteiger partial charge in [-0.1, -0.05) is 26.2 Å². The molecule has 2 heteroatoms. The van der Waals surface area contributed by atoms with Gasteiger partial charge in [-0.05, 0) is 30.7 Å². The Kier molecular flexibility index (Phi) is 5.67. The van der Waals surface area contributed by atoms with E-state index in [0.717, 1.165) is 30.9 Å². The highest BCUT2D eigenvalue weighted by Gasteiger charge is 1.94. The van der Waals surface area contributed by atoms with Crippen molar-refractivity contribution >= 4 is 0 Å². The van der Waals surface area contributed by atoms with E-state index in [2.05, 4.69) is 6.92 Å². The molecule has 0 bridgehead atoms. The van der Waals surface area contributed by atoms with E-state index in [1.54, 1.807) is 7.11 Å². The molecule has 0 unspecified atom stereocenters. The Bertz CT molecular complexity index is 254. The number of unbranched alkanes of at least 4 members (excludes halogenated alkanes) is 3. The SMILES string of the molecule is [CH2]CCCCCOc1ccc(OC)cc1. The predicted molar refractivity (Wildman–Crippen MR) is 62.3 cm³/mol. The van der Waals surface area contributed by atoms with Crippen LogP contribution in [0.25, 0.3) is 0 Å².